The van der Waals surface area contributed by atoms with Gasteiger partial charge in [-0.25, -0.2) is 5.84 Å². The van der Waals surface area contributed by atoms with Crippen molar-refractivity contribution in [3.8, 4) is 0 Å². The Labute approximate surface area is 91.2 Å². The van der Waals surface area contributed by atoms with E-state index in [0.29, 0.717) is 32.3 Å². The van der Waals surface area contributed by atoms with Crippen molar-refractivity contribution in [3.05, 3.63) is 0 Å². The maximum Gasteiger partial charge on any atom is 0.205 e. The standard InChI is InChI=1S/C9H22N4O2/c1-3-15-8-6-12-9(13-10)11-5-4-7-14-2/h3-8,10H2,1-2H3,(H2,11,12,13). The molecule has 0 aliphatic rings. The Hall–Kier alpha value is -0.850. The SMILES string of the molecule is CCOCCNC(=NCCCOC)NN. The lowest BCUT2D eigenvalue weighted by atomic mass is 10.5. The second kappa shape index (κ2) is 11.2. The zero-order chi connectivity index (χ0) is 11.4. The van der Waals surface area contributed by atoms with Crippen molar-refractivity contribution in [2.45, 2.75) is 13.3 Å². The van der Waals surface area contributed by atoms with Gasteiger partial charge in [-0.15, -0.1) is 0 Å². The van der Waals surface area contributed by atoms with Crippen LogP contribution in [0.25, 0.3) is 0 Å². The van der Waals surface area contributed by atoms with Gasteiger partial charge in [-0.2, -0.15) is 0 Å². The van der Waals surface area contributed by atoms with E-state index < -0.39 is 0 Å². The number of methoxy groups -OCH3 is 1. The van der Waals surface area contributed by atoms with Crippen LogP contribution in [0, 0.1) is 0 Å². The molecule has 0 aliphatic carbocycles. The third-order valence-corrected chi connectivity index (χ3v) is 1.66. The van der Waals surface area contributed by atoms with Crippen molar-refractivity contribution in [2.24, 2.45) is 10.8 Å². The van der Waals surface area contributed by atoms with Gasteiger partial charge in [0.15, 0.2) is 0 Å². The molecule has 0 aromatic rings. The van der Waals surface area contributed by atoms with E-state index in [4.69, 9.17) is 15.3 Å². The summed E-state index contributed by atoms with van der Waals surface area (Å²) in [6, 6.07) is 0. The molecule has 90 valence electrons. The highest BCUT2D eigenvalue weighted by Crippen LogP contribution is 1.82. The smallest absolute Gasteiger partial charge is 0.205 e. The van der Waals surface area contributed by atoms with Gasteiger partial charge in [0.05, 0.1) is 6.61 Å². The number of aliphatic imine (C=N–C) groups is 1. The topological polar surface area (TPSA) is 80.9 Å². The number of ether oxygens (including phenoxy) is 2. The molecule has 0 saturated heterocycles. The predicted molar refractivity (Wildman–Crippen MR) is 60.6 cm³/mol. The first kappa shape index (κ1) is 14.2. The Kier molecular flexibility index (Phi) is 10.6. The molecule has 4 N–H and O–H groups in total. The van der Waals surface area contributed by atoms with Crippen LogP contribution >= 0.6 is 0 Å². The fourth-order valence-electron chi connectivity index (χ4n) is 0.938. The fraction of sp³-hybridized carbons (Fsp3) is 0.889. The first-order valence-electron chi connectivity index (χ1n) is 5.16. The van der Waals surface area contributed by atoms with Crippen LogP contribution in [0.2, 0.25) is 0 Å². The Morgan fingerprint density at radius 1 is 1.40 bits per heavy atom. The Balaban J connectivity index is 3.51. The van der Waals surface area contributed by atoms with E-state index in [1.165, 1.54) is 0 Å². The maximum atomic E-state index is 5.29. The molecule has 6 heteroatoms. The number of nitrogens with one attached hydrogen (secondary N) is 2. The van der Waals surface area contributed by atoms with E-state index in [1.807, 2.05) is 6.92 Å². The number of nitrogens with two attached hydrogens (primary N) is 1. The van der Waals surface area contributed by atoms with Crippen LogP contribution in [-0.2, 0) is 9.47 Å². The molecule has 0 unspecified atom stereocenters. The first-order chi connectivity index (χ1) is 7.35. The lowest BCUT2D eigenvalue weighted by Crippen LogP contribution is -2.43. The van der Waals surface area contributed by atoms with E-state index in [9.17, 15) is 0 Å². The van der Waals surface area contributed by atoms with Crippen LogP contribution in [-0.4, -0.2) is 46.0 Å². The van der Waals surface area contributed by atoms with Gasteiger partial charge in [-0.05, 0) is 13.3 Å². The Morgan fingerprint density at radius 3 is 2.80 bits per heavy atom. The van der Waals surface area contributed by atoms with Crippen molar-refractivity contribution in [2.75, 3.05) is 40.0 Å². The third-order valence-electron chi connectivity index (χ3n) is 1.66. The minimum Gasteiger partial charge on any atom is -0.385 e. The Morgan fingerprint density at radius 2 is 2.20 bits per heavy atom. The van der Waals surface area contributed by atoms with Crippen LogP contribution < -0.4 is 16.6 Å². The molecule has 0 heterocycles. The van der Waals surface area contributed by atoms with Gasteiger partial charge in [-0.3, -0.25) is 10.4 Å². The van der Waals surface area contributed by atoms with Crippen molar-refractivity contribution in [1.82, 2.24) is 10.7 Å². The van der Waals surface area contributed by atoms with E-state index >= 15 is 0 Å². The van der Waals surface area contributed by atoms with Gasteiger partial charge in [0.2, 0.25) is 5.96 Å². The van der Waals surface area contributed by atoms with Gasteiger partial charge in [0.1, 0.15) is 0 Å². The van der Waals surface area contributed by atoms with Gasteiger partial charge < -0.3 is 14.8 Å². The molecule has 0 saturated carbocycles. The number of hydrogen-bond donors (Lipinski definition) is 3. The minimum absolute atomic E-state index is 0.589. The van der Waals surface area contributed by atoms with Crippen molar-refractivity contribution < 1.29 is 9.47 Å². The molecule has 0 spiro atoms. The Bertz CT molecular complexity index is 164. The molecular weight excluding hydrogens is 196 g/mol. The highest BCUT2D eigenvalue weighted by Gasteiger charge is 1.94. The van der Waals surface area contributed by atoms with E-state index in [2.05, 4.69) is 15.7 Å². The monoisotopic (exact) mass is 218 g/mol. The summed E-state index contributed by atoms with van der Waals surface area (Å²) in [5.41, 5.74) is 2.50. The molecule has 0 aliphatic heterocycles. The summed E-state index contributed by atoms with van der Waals surface area (Å²) in [6.07, 6.45) is 0.884. The first-order valence-corrected chi connectivity index (χ1v) is 5.16. The second-order valence-electron chi connectivity index (χ2n) is 2.84. The van der Waals surface area contributed by atoms with Crippen molar-refractivity contribution in [3.63, 3.8) is 0 Å². The third kappa shape index (κ3) is 9.45. The lowest BCUT2D eigenvalue weighted by Gasteiger charge is -2.08. The van der Waals surface area contributed by atoms with E-state index in [0.717, 1.165) is 13.0 Å². The van der Waals surface area contributed by atoms with Crippen molar-refractivity contribution in [1.29, 1.82) is 0 Å². The van der Waals surface area contributed by atoms with Crippen LogP contribution in [0.15, 0.2) is 4.99 Å². The molecule has 0 aromatic heterocycles. The summed E-state index contributed by atoms with van der Waals surface area (Å²) in [4.78, 5) is 4.21. The molecule has 0 rings (SSSR count). The molecule has 0 radical (unpaired) electrons. The van der Waals surface area contributed by atoms with E-state index in [-0.39, 0.29) is 0 Å². The number of hydrazine groups is 1. The molecular formula is C9H22N4O2. The van der Waals surface area contributed by atoms with Crippen LogP contribution in [0.1, 0.15) is 13.3 Å². The number of hydrogen-bond acceptors (Lipinski definition) is 4. The molecule has 0 aromatic carbocycles. The van der Waals surface area contributed by atoms with Crippen LogP contribution in [0.3, 0.4) is 0 Å². The molecule has 0 bridgehead atoms. The zero-order valence-electron chi connectivity index (χ0n) is 9.58. The van der Waals surface area contributed by atoms with E-state index in [1.54, 1.807) is 7.11 Å². The average Bonchev–Trinajstić information content (AvgIpc) is 2.27. The second-order valence-corrected chi connectivity index (χ2v) is 2.84. The van der Waals surface area contributed by atoms with Gasteiger partial charge >= 0.3 is 0 Å². The summed E-state index contributed by atoms with van der Waals surface area (Å²) < 4.78 is 10.1. The molecule has 0 amide bonds. The molecule has 6 nitrogen and oxygen atoms in total. The summed E-state index contributed by atoms with van der Waals surface area (Å²) in [5.74, 6) is 5.88. The highest BCUT2D eigenvalue weighted by atomic mass is 16.5. The van der Waals surface area contributed by atoms with Crippen LogP contribution in [0.5, 0.6) is 0 Å². The molecule has 0 fully saturated rings. The lowest BCUT2D eigenvalue weighted by molar-refractivity contribution is 0.152. The normalized spacial score (nSPS) is 11.5. The highest BCUT2D eigenvalue weighted by molar-refractivity contribution is 5.79. The summed E-state index contributed by atoms with van der Waals surface area (Å²) in [7, 11) is 1.67. The summed E-state index contributed by atoms with van der Waals surface area (Å²) in [6.45, 7) is 5.42. The summed E-state index contributed by atoms with van der Waals surface area (Å²) >= 11 is 0. The van der Waals surface area contributed by atoms with Gasteiger partial charge in [0.25, 0.3) is 0 Å². The fourth-order valence-corrected chi connectivity index (χ4v) is 0.938. The van der Waals surface area contributed by atoms with Gasteiger partial charge in [-0.1, -0.05) is 0 Å². The summed E-state index contributed by atoms with van der Waals surface area (Å²) in [5, 5.41) is 3.03. The van der Waals surface area contributed by atoms with Gasteiger partial charge in [0, 0.05) is 33.4 Å². The molecule has 15 heavy (non-hydrogen) atoms. The maximum absolute atomic E-state index is 5.29. The quantitative estimate of drug-likeness (QED) is 0.168. The number of rotatable bonds is 8. The largest absolute Gasteiger partial charge is 0.385 e. The number of nitrogens with zero attached hydrogens (tertiary/aromatic N) is 1. The van der Waals surface area contributed by atoms with Crippen molar-refractivity contribution >= 4 is 5.96 Å². The molecule has 0 atom stereocenters. The number of guanidine groups is 1. The zero-order valence-corrected chi connectivity index (χ0v) is 9.58. The predicted octanol–water partition coefficient (Wildman–Crippen LogP) is -0.532. The van der Waals surface area contributed by atoms with Crippen LogP contribution in [0.4, 0.5) is 0 Å². The minimum atomic E-state index is 0.589. The average molecular weight is 218 g/mol.